The van der Waals surface area contributed by atoms with Crippen LogP contribution in [-0.4, -0.2) is 25.5 Å². The zero-order valence-electron chi connectivity index (χ0n) is 12.3. The molecule has 5 nitrogen and oxygen atoms in total. The zero-order valence-corrected chi connectivity index (χ0v) is 13.1. The van der Waals surface area contributed by atoms with Gasteiger partial charge in [0, 0.05) is 6.04 Å². The van der Waals surface area contributed by atoms with Crippen molar-refractivity contribution in [3.8, 4) is 0 Å². The number of sulfonamides is 1. The highest BCUT2D eigenvalue weighted by Gasteiger charge is 2.33. The molecule has 116 valence electrons. The molecule has 1 aromatic carbocycles. The van der Waals surface area contributed by atoms with E-state index >= 15 is 0 Å². The monoisotopic (exact) mass is 311 g/mol. The quantitative estimate of drug-likeness (QED) is 0.874. The first-order chi connectivity index (χ1) is 9.67. The molecule has 1 unspecified atom stereocenters. The van der Waals surface area contributed by atoms with Crippen molar-refractivity contribution >= 4 is 16.0 Å². The Balaban J connectivity index is 1.99. The molecule has 1 saturated carbocycles. The van der Waals surface area contributed by atoms with Crippen molar-refractivity contribution in [1.82, 2.24) is 4.72 Å². The first kappa shape index (κ1) is 16.0. The Morgan fingerprint density at radius 2 is 1.95 bits per heavy atom. The highest BCUT2D eigenvalue weighted by atomic mass is 32.2. The molecule has 0 bridgehead atoms. The molecule has 21 heavy (non-hydrogen) atoms. The fraction of sp³-hybridized carbons (Fsp3) is 0.533. The second-order valence-electron chi connectivity index (χ2n) is 6.48. The number of benzene rings is 1. The Hall–Kier alpha value is -1.40. The van der Waals surface area contributed by atoms with Crippen LogP contribution in [0, 0.1) is 5.41 Å². The largest absolute Gasteiger partial charge is 0.478 e. The van der Waals surface area contributed by atoms with Crippen molar-refractivity contribution in [2.24, 2.45) is 5.41 Å². The van der Waals surface area contributed by atoms with E-state index in [9.17, 15) is 13.2 Å². The second kappa shape index (κ2) is 5.77. The summed E-state index contributed by atoms with van der Waals surface area (Å²) in [6.45, 7) is 4.29. The number of nitrogens with one attached hydrogen (secondary N) is 1. The van der Waals surface area contributed by atoms with Gasteiger partial charge in [-0.25, -0.2) is 17.9 Å². The van der Waals surface area contributed by atoms with E-state index in [0.29, 0.717) is 5.56 Å². The summed E-state index contributed by atoms with van der Waals surface area (Å²) in [5, 5.41) is 8.82. The third-order valence-corrected chi connectivity index (χ3v) is 5.28. The van der Waals surface area contributed by atoms with Crippen molar-refractivity contribution in [2.45, 2.75) is 44.9 Å². The molecule has 1 aliphatic rings. The lowest BCUT2D eigenvalue weighted by atomic mass is 9.92. The Morgan fingerprint density at radius 3 is 2.43 bits per heavy atom. The van der Waals surface area contributed by atoms with Gasteiger partial charge in [0.1, 0.15) is 0 Å². The van der Waals surface area contributed by atoms with E-state index in [-0.39, 0.29) is 22.8 Å². The summed E-state index contributed by atoms with van der Waals surface area (Å²) in [4.78, 5) is 10.8. The van der Waals surface area contributed by atoms with Gasteiger partial charge in [-0.3, -0.25) is 0 Å². The summed E-state index contributed by atoms with van der Waals surface area (Å²) >= 11 is 0. The van der Waals surface area contributed by atoms with E-state index in [1.54, 1.807) is 12.1 Å². The van der Waals surface area contributed by atoms with Gasteiger partial charge in [-0.05, 0) is 42.4 Å². The first-order valence-electron chi connectivity index (χ1n) is 6.99. The minimum Gasteiger partial charge on any atom is -0.478 e. The van der Waals surface area contributed by atoms with E-state index < -0.39 is 16.0 Å². The number of hydrogen-bond donors (Lipinski definition) is 2. The number of carboxylic acid groups (broad SMARTS) is 1. The van der Waals surface area contributed by atoms with E-state index in [2.05, 4.69) is 18.6 Å². The fourth-order valence-corrected chi connectivity index (χ4v) is 4.22. The summed E-state index contributed by atoms with van der Waals surface area (Å²) in [6.07, 6.45) is 2.74. The summed E-state index contributed by atoms with van der Waals surface area (Å²) in [5.74, 6) is -1.14. The van der Waals surface area contributed by atoms with Gasteiger partial charge >= 0.3 is 5.97 Å². The van der Waals surface area contributed by atoms with Crippen LogP contribution in [0.5, 0.6) is 0 Å². The molecule has 0 radical (unpaired) electrons. The zero-order chi connectivity index (χ0) is 15.7. The summed E-state index contributed by atoms with van der Waals surface area (Å²) in [6, 6.07) is 5.93. The Bertz CT molecular complexity index is 620. The fourth-order valence-electron chi connectivity index (χ4n) is 2.80. The van der Waals surface area contributed by atoms with Gasteiger partial charge in [-0.1, -0.05) is 26.0 Å². The van der Waals surface area contributed by atoms with E-state index in [0.717, 1.165) is 19.3 Å². The summed E-state index contributed by atoms with van der Waals surface area (Å²) in [5.41, 5.74) is 0.933. The molecule has 0 spiro atoms. The predicted octanol–water partition coefficient (Wildman–Crippen LogP) is 2.38. The molecule has 0 amide bonds. The smallest absolute Gasteiger partial charge is 0.335 e. The van der Waals surface area contributed by atoms with Gasteiger partial charge in [-0.15, -0.1) is 0 Å². The highest BCUT2D eigenvalue weighted by molar-refractivity contribution is 7.88. The number of rotatable bonds is 5. The highest BCUT2D eigenvalue weighted by Crippen LogP contribution is 2.37. The molecular weight excluding hydrogens is 290 g/mol. The third-order valence-electron chi connectivity index (χ3n) is 3.87. The normalized spacial score (nSPS) is 21.3. The molecule has 0 heterocycles. The maximum absolute atomic E-state index is 12.2. The van der Waals surface area contributed by atoms with Crippen LogP contribution in [0.25, 0.3) is 0 Å². The summed E-state index contributed by atoms with van der Waals surface area (Å²) < 4.78 is 27.1. The van der Waals surface area contributed by atoms with Crippen LogP contribution in [0.3, 0.4) is 0 Å². The Morgan fingerprint density at radius 1 is 1.33 bits per heavy atom. The van der Waals surface area contributed by atoms with Gasteiger partial charge in [0.25, 0.3) is 0 Å². The lowest BCUT2D eigenvalue weighted by molar-refractivity contribution is 0.0697. The van der Waals surface area contributed by atoms with Gasteiger partial charge in [0.2, 0.25) is 10.0 Å². The molecule has 1 aliphatic carbocycles. The predicted molar refractivity (Wildman–Crippen MR) is 80.6 cm³/mol. The van der Waals surface area contributed by atoms with Crippen LogP contribution < -0.4 is 4.72 Å². The number of aromatic carboxylic acids is 1. The average Bonchev–Trinajstić information content (AvgIpc) is 2.67. The molecule has 1 atom stereocenters. The molecule has 2 rings (SSSR count). The molecule has 1 aromatic rings. The number of carbonyl (C=O) groups is 1. The molecule has 1 fully saturated rings. The standard InChI is InChI=1S/C15H21NO4S/c1-15(2)8-7-13(9-15)16-21(19,20)10-11-3-5-12(6-4-11)14(17)18/h3-6,13,16H,7-10H2,1-2H3,(H,17,18). The van der Waals surface area contributed by atoms with Crippen LogP contribution in [0.1, 0.15) is 49.0 Å². The van der Waals surface area contributed by atoms with Crippen LogP contribution in [0.15, 0.2) is 24.3 Å². The van der Waals surface area contributed by atoms with Crippen LogP contribution in [0.4, 0.5) is 0 Å². The van der Waals surface area contributed by atoms with Gasteiger partial charge in [0.15, 0.2) is 0 Å². The SMILES string of the molecule is CC1(C)CCC(NS(=O)(=O)Cc2ccc(C(=O)O)cc2)C1. The number of hydrogen-bond acceptors (Lipinski definition) is 3. The van der Waals surface area contributed by atoms with Crippen molar-refractivity contribution in [2.75, 3.05) is 0 Å². The van der Waals surface area contributed by atoms with Crippen molar-refractivity contribution in [1.29, 1.82) is 0 Å². The molecule has 6 heteroatoms. The van der Waals surface area contributed by atoms with E-state index in [1.165, 1.54) is 12.1 Å². The minimum atomic E-state index is -3.40. The first-order valence-corrected chi connectivity index (χ1v) is 8.64. The Labute approximate surface area is 125 Å². The van der Waals surface area contributed by atoms with E-state index in [4.69, 9.17) is 5.11 Å². The van der Waals surface area contributed by atoms with E-state index in [1.807, 2.05) is 0 Å². The van der Waals surface area contributed by atoms with Crippen LogP contribution >= 0.6 is 0 Å². The maximum atomic E-state index is 12.2. The minimum absolute atomic E-state index is 0.00305. The van der Waals surface area contributed by atoms with Gasteiger partial charge in [-0.2, -0.15) is 0 Å². The molecule has 0 aliphatic heterocycles. The van der Waals surface area contributed by atoms with Crippen molar-refractivity contribution < 1.29 is 18.3 Å². The maximum Gasteiger partial charge on any atom is 0.335 e. The van der Waals surface area contributed by atoms with Crippen LogP contribution in [-0.2, 0) is 15.8 Å². The molecular formula is C15H21NO4S. The third kappa shape index (κ3) is 4.54. The van der Waals surface area contributed by atoms with Crippen molar-refractivity contribution in [3.63, 3.8) is 0 Å². The average molecular weight is 311 g/mol. The lowest BCUT2D eigenvalue weighted by Gasteiger charge is -2.18. The van der Waals surface area contributed by atoms with Gasteiger partial charge < -0.3 is 5.11 Å². The van der Waals surface area contributed by atoms with Crippen LogP contribution in [0.2, 0.25) is 0 Å². The molecule has 0 aromatic heterocycles. The lowest BCUT2D eigenvalue weighted by Crippen LogP contribution is -2.34. The second-order valence-corrected chi connectivity index (χ2v) is 8.24. The topological polar surface area (TPSA) is 83.5 Å². The molecule has 2 N–H and O–H groups in total. The summed E-state index contributed by atoms with van der Waals surface area (Å²) in [7, 11) is -3.40. The Kier molecular flexibility index (Phi) is 4.39. The molecule has 0 saturated heterocycles. The van der Waals surface area contributed by atoms with Crippen molar-refractivity contribution in [3.05, 3.63) is 35.4 Å². The van der Waals surface area contributed by atoms with Gasteiger partial charge in [0.05, 0.1) is 11.3 Å². The number of carboxylic acids is 1.